The topological polar surface area (TPSA) is 46.6 Å². The predicted molar refractivity (Wildman–Crippen MR) is 117 cm³/mol. The fraction of sp³-hybridized carbons (Fsp3) is 0.0435. The summed E-state index contributed by atoms with van der Waals surface area (Å²) < 4.78 is 19.6. The lowest BCUT2D eigenvalue weighted by Gasteiger charge is -2.13. The highest BCUT2D eigenvalue weighted by atomic mass is 35.5. The normalized spacial score (nSPS) is 15.1. The summed E-state index contributed by atoms with van der Waals surface area (Å²) in [5.41, 5.74) is 1.37. The van der Waals surface area contributed by atoms with Crippen molar-refractivity contribution in [2.45, 2.75) is 6.61 Å². The number of anilines is 1. The number of thioether (sulfide) groups is 1. The Hall–Kier alpha value is -3.09. The first kappa shape index (κ1) is 20.2. The van der Waals surface area contributed by atoms with E-state index in [4.69, 9.17) is 16.3 Å². The Kier molecular flexibility index (Phi) is 5.88. The molecule has 0 N–H and O–H groups in total. The summed E-state index contributed by atoms with van der Waals surface area (Å²) in [4.78, 5) is 26.7. The highest BCUT2D eigenvalue weighted by molar-refractivity contribution is 8.19. The van der Waals surface area contributed by atoms with Crippen LogP contribution in [0.15, 0.2) is 77.7 Å². The van der Waals surface area contributed by atoms with E-state index in [1.165, 1.54) is 6.07 Å². The van der Waals surface area contributed by atoms with Gasteiger partial charge in [0.2, 0.25) is 0 Å². The number of halogens is 2. The minimum atomic E-state index is -0.456. The zero-order valence-corrected chi connectivity index (χ0v) is 17.1. The molecule has 1 fully saturated rings. The van der Waals surface area contributed by atoms with E-state index in [1.54, 1.807) is 72.8 Å². The molecule has 2 amide bonds. The molecule has 1 heterocycles. The number of hydrogen-bond donors (Lipinski definition) is 0. The van der Waals surface area contributed by atoms with Crippen molar-refractivity contribution >= 4 is 46.3 Å². The summed E-state index contributed by atoms with van der Waals surface area (Å²) in [6, 6.07) is 20.1. The summed E-state index contributed by atoms with van der Waals surface area (Å²) >= 11 is 6.98. The first-order chi connectivity index (χ1) is 14.5. The molecule has 1 aliphatic heterocycles. The third kappa shape index (κ3) is 4.10. The standard InChI is InChI=1S/C23H15ClFNO3S/c24-17-9-3-5-11-19(17)26-22(27)21(30-23(26)28)13-15-7-2-6-12-20(15)29-14-16-8-1-4-10-18(16)25/h1-13H,14H2/b21-13-. The van der Waals surface area contributed by atoms with Gasteiger partial charge in [-0.2, -0.15) is 0 Å². The Balaban J connectivity index is 1.60. The lowest BCUT2D eigenvalue weighted by Crippen LogP contribution is -2.27. The van der Waals surface area contributed by atoms with Gasteiger partial charge in [0.25, 0.3) is 11.1 Å². The van der Waals surface area contributed by atoms with Crippen LogP contribution in [0.25, 0.3) is 6.08 Å². The molecule has 0 aromatic heterocycles. The van der Waals surface area contributed by atoms with Crippen LogP contribution in [0.4, 0.5) is 14.9 Å². The molecule has 1 saturated heterocycles. The Morgan fingerprint density at radius 2 is 1.67 bits per heavy atom. The Bertz CT molecular complexity index is 1160. The maximum absolute atomic E-state index is 13.9. The second-order valence-electron chi connectivity index (χ2n) is 6.39. The van der Waals surface area contributed by atoms with E-state index in [-0.39, 0.29) is 17.3 Å². The van der Waals surface area contributed by atoms with Crippen molar-refractivity contribution in [2.75, 3.05) is 4.90 Å². The van der Waals surface area contributed by atoms with Gasteiger partial charge in [0.05, 0.1) is 15.6 Å². The first-order valence-electron chi connectivity index (χ1n) is 9.02. The molecular weight excluding hydrogens is 425 g/mol. The number of nitrogens with zero attached hydrogens (tertiary/aromatic N) is 1. The largest absolute Gasteiger partial charge is 0.488 e. The van der Waals surface area contributed by atoms with Crippen LogP contribution in [-0.4, -0.2) is 11.1 Å². The minimum absolute atomic E-state index is 0.0403. The van der Waals surface area contributed by atoms with E-state index in [9.17, 15) is 14.0 Å². The second kappa shape index (κ2) is 8.73. The number of carbonyl (C=O) groups is 2. The number of hydrogen-bond acceptors (Lipinski definition) is 4. The zero-order chi connectivity index (χ0) is 21.1. The molecule has 0 spiro atoms. The summed E-state index contributed by atoms with van der Waals surface area (Å²) in [6.07, 6.45) is 1.60. The van der Waals surface area contributed by atoms with Gasteiger partial charge in [-0.15, -0.1) is 0 Å². The number of rotatable bonds is 5. The number of imide groups is 1. The number of ether oxygens (including phenoxy) is 1. The number of para-hydroxylation sites is 2. The van der Waals surface area contributed by atoms with Crippen molar-refractivity contribution in [1.82, 2.24) is 0 Å². The van der Waals surface area contributed by atoms with Gasteiger partial charge in [0, 0.05) is 11.1 Å². The lowest BCUT2D eigenvalue weighted by molar-refractivity contribution is -0.113. The lowest BCUT2D eigenvalue weighted by atomic mass is 10.1. The van der Waals surface area contributed by atoms with Gasteiger partial charge in [-0.3, -0.25) is 9.59 Å². The fourth-order valence-electron chi connectivity index (χ4n) is 2.95. The third-order valence-electron chi connectivity index (χ3n) is 4.43. The van der Waals surface area contributed by atoms with E-state index in [0.29, 0.717) is 27.6 Å². The minimum Gasteiger partial charge on any atom is -0.488 e. The molecule has 0 aliphatic carbocycles. The van der Waals surface area contributed by atoms with Crippen molar-refractivity contribution in [1.29, 1.82) is 0 Å². The Morgan fingerprint density at radius 3 is 2.47 bits per heavy atom. The molecule has 7 heteroatoms. The van der Waals surface area contributed by atoms with E-state index in [0.717, 1.165) is 16.7 Å². The summed E-state index contributed by atoms with van der Waals surface area (Å²) in [6.45, 7) is 0.0403. The van der Waals surface area contributed by atoms with Crippen molar-refractivity contribution in [3.63, 3.8) is 0 Å². The van der Waals surface area contributed by atoms with Gasteiger partial charge < -0.3 is 4.74 Å². The first-order valence-corrected chi connectivity index (χ1v) is 10.2. The average molecular weight is 440 g/mol. The summed E-state index contributed by atoms with van der Waals surface area (Å²) in [5.74, 6) is -0.330. The van der Waals surface area contributed by atoms with Crippen LogP contribution in [0.1, 0.15) is 11.1 Å². The molecule has 0 unspecified atom stereocenters. The van der Waals surface area contributed by atoms with Crippen LogP contribution < -0.4 is 9.64 Å². The predicted octanol–water partition coefficient (Wildman–Crippen LogP) is 6.30. The van der Waals surface area contributed by atoms with Crippen LogP contribution in [0.5, 0.6) is 5.75 Å². The molecule has 0 bridgehead atoms. The van der Waals surface area contributed by atoms with Crippen LogP contribution in [-0.2, 0) is 11.4 Å². The number of carbonyl (C=O) groups excluding carboxylic acids is 2. The quantitative estimate of drug-likeness (QED) is 0.438. The highest BCUT2D eigenvalue weighted by Crippen LogP contribution is 2.39. The molecule has 3 aromatic carbocycles. The molecule has 0 saturated carbocycles. The van der Waals surface area contributed by atoms with Gasteiger partial charge in [0.15, 0.2) is 0 Å². The summed E-state index contributed by atoms with van der Waals surface area (Å²) in [5, 5.41) is -0.112. The molecule has 0 radical (unpaired) electrons. The molecule has 150 valence electrons. The van der Waals surface area contributed by atoms with Crippen LogP contribution in [0.2, 0.25) is 5.02 Å². The highest BCUT2D eigenvalue weighted by Gasteiger charge is 2.37. The SMILES string of the molecule is O=C1S/C(=C\c2ccccc2OCc2ccccc2F)C(=O)N1c1ccccc1Cl. The molecule has 1 aliphatic rings. The molecule has 4 nitrogen and oxygen atoms in total. The van der Waals surface area contributed by atoms with Crippen LogP contribution in [0, 0.1) is 5.82 Å². The number of benzene rings is 3. The van der Waals surface area contributed by atoms with Gasteiger partial charge >= 0.3 is 0 Å². The number of amides is 2. The fourth-order valence-corrected chi connectivity index (χ4v) is 4.00. The molecule has 4 rings (SSSR count). The third-order valence-corrected chi connectivity index (χ3v) is 5.62. The van der Waals surface area contributed by atoms with E-state index < -0.39 is 11.1 Å². The summed E-state index contributed by atoms with van der Waals surface area (Å²) in [7, 11) is 0. The van der Waals surface area contributed by atoms with Gasteiger partial charge in [-0.05, 0) is 42.1 Å². The maximum atomic E-state index is 13.9. The molecule has 3 aromatic rings. The van der Waals surface area contributed by atoms with Crippen LogP contribution >= 0.6 is 23.4 Å². The van der Waals surface area contributed by atoms with Crippen molar-refractivity contribution < 1.29 is 18.7 Å². The van der Waals surface area contributed by atoms with Gasteiger partial charge in [-0.25, -0.2) is 9.29 Å². The van der Waals surface area contributed by atoms with Crippen molar-refractivity contribution in [2.24, 2.45) is 0 Å². The van der Waals surface area contributed by atoms with Gasteiger partial charge in [-0.1, -0.05) is 60.1 Å². The zero-order valence-electron chi connectivity index (χ0n) is 15.5. The maximum Gasteiger partial charge on any atom is 0.298 e. The average Bonchev–Trinajstić information content (AvgIpc) is 3.02. The van der Waals surface area contributed by atoms with E-state index >= 15 is 0 Å². The second-order valence-corrected chi connectivity index (χ2v) is 7.79. The van der Waals surface area contributed by atoms with E-state index in [1.807, 2.05) is 0 Å². The van der Waals surface area contributed by atoms with E-state index in [2.05, 4.69) is 0 Å². The monoisotopic (exact) mass is 439 g/mol. The van der Waals surface area contributed by atoms with Crippen LogP contribution in [0.3, 0.4) is 0 Å². The molecular formula is C23H15ClFNO3S. The Labute approximate surface area is 181 Å². The smallest absolute Gasteiger partial charge is 0.298 e. The molecule has 0 atom stereocenters. The van der Waals surface area contributed by atoms with Gasteiger partial charge in [0.1, 0.15) is 18.2 Å². The van der Waals surface area contributed by atoms with Crippen molar-refractivity contribution in [3.05, 3.63) is 99.7 Å². The molecule has 30 heavy (non-hydrogen) atoms. The Morgan fingerprint density at radius 1 is 0.967 bits per heavy atom. The van der Waals surface area contributed by atoms with Crippen molar-refractivity contribution in [3.8, 4) is 5.75 Å².